The zero-order valence-corrected chi connectivity index (χ0v) is 13.8. The molecule has 0 spiro atoms. The number of rotatable bonds is 8. The Morgan fingerprint density at radius 1 is 1.05 bits per heavy atom. The van der Waals surface area contributed by atoms with E-state index in [0.717, 1.165) is 18.4 Å². The predicted molar refractivity (Wildman–Crippen MR) is 85.4 cm³/mol. The van der Waals surface area contributed by atoms with Crippen molar-refractivity contribution in [2.45, 2.75) is 58.9 Å². The maximum absolute atomic E-state index is 12.0. The molecule has 1 rings (SSSR count). The summed E-state index contributed by atoms with van der Waals surface area (Å²) in [6, 6.07) is 8.11. The van der Waals surface area contributed by atoms with Crippen molar-refractivity contribution in [2.75, 3.05) is 5.75 Å². The van der Waals surface area contributed by atoms with Crippen LogP contribution in [-0.2, 0) is 10.0 Å². The molecule has 4 heteroatoms. The molecule has 1 aromatic rings. The summed E-state index contributed by atoms with van der Waals surface area (Å²) in [5.74, 6) is 0.703. The lowest BCUT2D eigenvalue weighted by atomic mass is 9.98. The molecule has 1 atom stereocenters. The SMILES string of the molecule is CCCCS(=O)(=O)NC(CC)c1ccc(C(C)C)cc1. The zero-order chi connectivity index (χ0) is 15.2. The van der Waals surface area contributed by atoms with Crippen LogP contribution in [0.4, 0.5) is 0 Å². The van der Waals surface area contributed by atoms with Gasteiger partial charge in [0.05, 0.1) is 5.75 Å². The number of sulfonamides is 1. The van der Waals surface area contributed by atoms with E-state index < -0.39 is 10.0 Å². The monoisotopic (exact) mass is 297 g/mol. The lowest BCUT2D eigenvalue weighted by Gasteiger charge is -2.18. The average Bonchev–Trinajstić information content (AvgIpc) is 2.43. The molecule has 3 nitrogen and oxygen atoms in total. The van der Waals surface area contributed by atoms with Gasteiger partial charge in [0.15, 0.2) is 0 Å². The van der Waals surface area contributed by atoms with Gasteiger partial charge in [-0.05, 0) is 29.9 Å². The molecule has 0 aliphatic rings. The number of unbranched alkanes of at least 4 members (excludes halogenated alkanes) is 1. The van der Waals surface area contributed by atoms with Gasteiger partial charge in [0.1, 0.15) is 0 Å². The second-order valence-electron chi connectivity index (χ2n) is 5.57. The average molecular weight is 297 g/mol. The van der Waals surface area contributed by atoms with Crippen LogP contribution in [0.25, 0.3) is 0 Å². The van der Waals surface area contributed by atoms with E-state index in [2.05, 4.69) is 30.7 Å². The largest absolute Gasteiger partial charge is 0.212 e. The van der Waals surface area contributed by atoms with E-state index in [4.69, 9.17) is 0 Å². The smallest absolute Gasteiger partial charge is 0.212 e. The van der Waals surface area contributed by atoms with Gasteiger partial charge in [0.2, 0.25) is 10.0 Å². The van der Waals surface area contributed by atoms with E-state index >= 15 is 0 Å². The first kappa shape index (κ1) is 17.2. The highest BCUT2D eigenvalue weighted by atomic mass is 32.2. The normalized spacial score (nSPS) is 13.7. The van der Waals surface area contributed by atoms with Crippen LogP contribution in [0.3, 0.4) is 0 Å². The van der Waals surface area contributed by atoms with Crippen molar-refractivity contribution in [2.24, 2.45) is 0 Å². The van der Waals surface area contributed by atoms with Crippen LogP contribution in [0.2, 0.25) is 0 Å². The third-order valence-electron chi connectivity index (χ3n) is 3.50. The minimum absolute atomic E-state index is 0.127. The van der Waals surface area contributed by atoms with Gasteiger partial charge >= 0.3 is 0 Å². The molecule has 1 aromatic carbocycles. The Labute approximate surface area is 123 Å². The van der Waals surface area contributed by atoms with Crippen LogP contribution >= 0.6 is 0 Å². The van der Waals surface area contributed by atoms with Gasteiger partial charge in [-0.1, -0.05) is 58.4 Å². The highest BCUT2D eigenvalue weighted by Gasteiger charge is 2.17. The number of nitrogens with one attached hydrogen (secondary N) is 1. The van der Waals surface area contributed by atoms with Crippen LogP contribution < -0.4 is 4.72 Å². The van der Waals surface area contributed by atoms with Gasteiger partial charge in [0, 0.05) is 6.04 Å². The Balaban J connectivity index is 2.80. The van der Waals surface area contributed by atoms with Gasteiger partial charge in [-0.3, -0.25) is 0 Å². The first-order valence-electron chi connectivity index (χ1n) is 7.49. The summed E-state index contributed by atoms with van der Waals surface area (Å²) < 4.78 is 26.8. The maximum atomic E-state index is 12.0. The third-order valence-corrected chi connectivity index (χ3v) is 4.97. The highest BCUT2D eigenvalue weighted by molar-refractivity contribution is 7.89. The van der Waals surface area contributed by atoms with E-state index in [1.807, 2.05) is 26.0 Å². The van der Waals surface area contributed by atoms with Gasteiger partial charge < -0.3 is 0 Å². The Morgan fingerprint density at radius 2 is 1.60 bits per heavy atom. The molecule has 0 bridgehead atoms. The van der Waals surface area contributed by atoms with Crippen LogP contribution in [-0.4, -0.2) is 14.2 Å². The molecule has 0 heterocycles. The lowest BCUT2D eigenvalue weighted by Crippen LogP contribution is -2.30. The fourth-order valence-corrected chi connectivity index (χ4v) is 3.63. The van der Waals surface area contributed by atoms with E-state index in [9.17, 15) is 8.42 Å². The lowest BCUT2D eigenvalue weighted by molar-refractivity contribution is 0.547. The van der Waals surface area contributed by atoms with E-state index in [0.29, 0.717) is 12.3 Å². The fourth-order valence-electron chi connectivity index (χ4n) is 2.11. The number of benzene rings is 1. The molecule has 20 heavy (non-hydrogen) atoms. The second-order valence-corrected chi connectivity index (χ2v) is 7.45. The van der Waals surface area contributed by atoms with Crippen molar-refractivity contribution >= 4 is 10.0 Å². The minimum Gasteiger partial charge on any atom is -0.212 e. The third kappa shape index (κ3) is 5.25. The molecular formula is C16H27NO2S. The van der Waals surface area contributed by atoms with Gasteiger partial charge in [0.25, 0.3) is 0 Å². The van der Waals surface area contributed by atoms with Crippen molar-refractivity contribution in [1.82, 2.24) is 4.72 Å². The van der Waals surface area contributed by atoms with Crippen molar-refractivity contribution in [3.8, 4) is 0 Å². The topological polar surface area (TPSA) is 46.2 Å². The molecule has 0 saturated heterocycles. The first-order chi connectivity index (χ1) is 9.39. The quantitative estimate of drug-likeness (QED) is 0.789. The molecule has 0 saturated carbocycles. The maximum Gasteiger partial charge on any atom is 0.212 e. The van der Waals surface area contributed by atoms with Gasteiger partial charge in [-0.2, -0.15) is 0 Å². The second kappa shape index (κ2) is 7.79. The van der Waals surface area contributed by atoms with Crippen LogP contribution in [0.15, 0.2) is 24.3 Å². The summed E-state index contributed by atoms with van der Waals surface area (Å²) in [5.41, 5.74) is 2.31. The summed E-state index contributed by atoms with van der Waals surface area (Å²) in [4.78, 5) is 0. The summed E-state index contributed by atoms with van der Waals surface area (Å²) in [6.45, 7) is 8.31. The van der Waals surface area contributed by atoms with Crippen LogP contribution in [0, 0.1) is 0 Å². The van der Waals surface area contributed by atoms with Crippen molar-refractivity contribution < 1.29 is 8.42 Å². The molecule has 0 fully saturated rings. The number of hydrogen-bond donors (Lipinski definition) is 1. The van der Waals surface area contributed by atoms with Crippen molar-refractivity contribution in [3.63, 3.8) is 0 Å². The molecule has 0 aliphatic carbocycles. The fraction of sp³-hybridized carbons (Fsp3) is 0.625. The standard InChI is InChI=1S/C16H27NO2S/c1-5-7-12-20(18,19)17-16(6-2)15-10-8-14(9-11-15)13(3)4/h8-11,13,16-17H,5-7,12H2,1-4H3. The highest BCUT2D eigenvalue weighted by Crippen LogP contribution is 2.21. The molecule has 0 aromatic heterocycles. The van der Waals surface area contributed by atoms with Crippen molar-refractivity contribution in [3.05, 3.63) is 35.4 Å². The van der Waals surface area contributed by atoms with E-state index in [-0.39, 0.29) is 11.8 Å². The molecular weight excluding hydrogens is 270 g/mol. The Morgan fingerprint density at radius 3 is 2.05 bits per heavy atom. The molecule has 0 aliphatic heterocycles. The molecule has 1 unspecified atom stereocenters. The predicted octanol–water partition coefficient (Wildman–Crippen LogP) is 3.98. The summed E-state index contributed by atoms with van der Waals surface area (Å²) in [7, 11) is -3.18. The minimum atomic E-state index is -3.18. The number of hydrogen-bond acceptors (Lipinski definition) is 2. The first-order valence-corrected chi connectivity index (χ1v) is 9.14. The van der Waals surface area contributed by atoms with E-state index in [1.165, 1.54) is 5.56 Å². The molecule has 0 radical (unpaired) electrons. The van der Waals surface area contributed by atoms with Crippen molar-refractivity contribution in [1.29, 1.82) is 0 Å². The van der Waals surface area contributed by atoms with Crippen LogP contribution in [0.5, 0.6) is 0 Å². The van der Waals surface area contributed by atoms with Crippen LogP contribution in [0.1, 0.15) is 70.0 Å². The van der Waals surface area contributed by atoms with E-state index in [1.54, 1.807) is 0 Å². The molecule has 0 amide bonds. The molecule has 1 N–H and O–H groups in total. The van der Waals surface area contributed by atoms with Gasteiger partial charge in [-0.15, -0.1) is 0 Å². The van der Waals surface area contributed by atoms with Gasteiger partial charge in [-0.25, -0.2) is 13.1 Å². The Kier molecular flexibility index (Phi) is 6.69. The summed E-state index contributed by atoms with van der Waals surface area (Å²) in [6.07, 6.45) is 2.35. The zero-order valence-electron chi connectivity index (χ0n) is 13.0. The summed E-state index contributed by atoms with van der Waals surface area (Å²) >= 11 is 0. The Bertz CT molecular complexity index is 492. The Hall–Kier alpha value is -0.870. The molecule has 114 valence electrons. The summed E-state index contributed by atoms with van der Waals surface area (Å²) in [5, 5.41) is 0.